The maximum Gasteiger partial charge on any atom is 0.338 e. The van der Waals surface area contributed by atoms with E-state index in [2.05, 4.69) is 4.72 Å². The van der Waals surface area contributed by atoms with Gasteiger partial charge in [0, 0.05) is 18.0 Å². The van der Waals surface area contributed by atoms with E-state index in [0.29, 0.717) is 29.2 Å². The lowest BCUT2D eigenvalue weighted by atomic mass is 10.2. The van der Waals surface area contributed by atoms with Crippen LogP contribution >= 0.6 is 11.3 Å². The van der Waals surface area contributed by atoms with Crippen LogP contribution in [0.3, 0.4) is 0 Å². The number of carbonyl (C=O) groups excluding carboxylic acids is 2. The predicted molar refractivity (Wildman–Crippen MR) is 116 cm³/mol. The van der Waals surface area contributed by atoms with E-state index in [-0.39, 0.29) is 25.0 Å². The topological polar surface area (TPSA) is 108 Å². The van der Waals surface area contributed by atoms with Gasteiger partial charge in [-0.15, -0.1) is 11.3 Å². The fraction of sp³-hybridized carbons (Fsp3) is 0.429. The van der Waals surface area contributed by atoms with E-state index in [1.165, 1.54) is 11.3 Å². The highest BCUT2D eigenvalue weighted by molar-refractivity contribution is 7.88. The highest BCUT2D eigenvalue weighted by atomic mass is 32.2. The lowest BCUT2D eigenvalue weighted by Crippen LogP contribution is -2.24. The highest BCUT2D eigenvalue weighted by Gasteiger charge is 2.17. The first-order valence-electron chi connectivity index (χ1n) is 9.88. The Hall–Kier alpha value is -2.27. The molecule has 2 aromatic rings. The van der Waals surface area contributed by atoms with Gasteiger partial charge in [0.25, 0.3) is 0 Å². The quantitative estimate of drug-likeness (QED) is 0.399. The summed E-state index contributed by atoms with van der Waals surface area (Å²) < 4.78 is 40.9. The Labute approximate surface area is 185 Å². The SMILES string of the molecule is CS(=O)(=O)NCCc1ccc(C(=O)COC(=O)c2ccc(OCC3CCCO3)cc2)s1. The van der Waals surface area contributed by atoms with Gasteiger partial charge >= 0.3 is 5.97 Å². The number of ketones is 1. The van der Waals surface area contributed by atoms with E-state index >= 15 is 0 Å². The molecule has 1 aromatic heterocycles. The molecule has 0 spiro atoms. The highest BCUT2D eigenvalue weighted by Crippen LogP contribution is 2.19. The number of hydrogen-bond donors (Lipinski definition) is 1. The Balaban J connectivity index is 1.42. The molecule has 168 valence electrons. The van der Waals surface area contributed by atoms with Crippen LogP contribution in [0.1, 0.15) is 37.7 Å². The monoisotopic (exact) mass is 467 g/mol. The lowest BCUT2D eigenvalue weighted by Gasteiger charge is -2.11. The number of rotatable bonds is 11. The Kier molecular flexibility index (Phi) is 8.19. The summed E-state index contributed by atoms with van der Waals surface area (Å²) in [6.45, 7) is 1.14. The van der Waals surface area contributed by atoms with Crippen molar-refractivity contribution in [2.45, 2.75) is 25.4 Å². The second-order valence-corrected chi connectivity index (χ2v) is 10.2. The zero-order valence-corrected chi connectivity index (χ0v) is 18.8. The number of sulfonamides is 1. The van der Waals surface area contributed by atoms with Gasteiger partial charge in [-0.3, -0.25) is 4.79 Å². The molecule has 1 aliphatic heterocycles. The van der Waals surface area contributed by atoms with Crippen molar-refractivity contribution in [1.82, 2.24) is 4.72 Å². The molecular formula is C21H25NO7S2. The van der Waals surface area contributed by atoms with Crippen molar-refractivity contribution in [3.8, 4) is 5.75 Å². The number of carbonyl (C=O) groups is 2. The van der Waals surface area contributed by atoms with E-state index < -0.39 is 16.0 Å². The van der Waals surface area contributed by atoms with Crippen LogP contribution in [0, 0.1) is 0 Å². The maximum absolute atomic E-state index is 12.3. The van der Waals surface area contributed by atoms with E-state index in [0.717, 1.165) is 30.6 Å². The van der Waals surface area contributed by atoms with Gasteiger partial charge in [0.2, 0.25) is 15.8 Å². The molecule has 0 saturated carbocycles. The molecule has 1 saturated heterocycles. The Bertz CT molecular complexity index is 993. The molecule has 0 amide bonds. The van der Waals surface area contributed by atoms with Crippen LogP contribution in [0.4, 0.5) is 0 Å². The van der Waals surface area contributed by atoms with Crippen molar-refractivity contribution in [2.24, 2.45) is 0 Å². The molecule has 10 heteroatoms. The molecule has 1 atom stereocenters. The molecule has 1 fully saturated rings. The zero-order chi connectivity index (χ0) is 22.3. The molecule has 1 unspecified atom stereocenters. The smallest absolute Gasteiger partial charge is 0.338 e. The van der Waals surface area contributed by atoms with Crippen molar-refractivity contribution >= 4 is 33.1 Å². The van der Waals surface area contributed by atoms with Gasteiger partial charge in [-0.25, -0.2) is 17.9 Å². The largest absolute Gasteiger partial charge is 0.491 e. The molecule has 1 aromatic carbocycles. The summed E-state index contributed by atoms with van der Waals surface area (Å²) >= 11 is 1.25. The number of ether oxygens (including phenoxy) is 3. The van der Waals surface area contributed by atoms with Crippen LogP contribution in [0.5, 0.6) is 5.75 Å². The summed E-state index contributed by atoms with van der Waals surface area (Å²) in [5, 5.41) is 0. The Morgan fingerprint density at radius 3 is 2.65 bits per heavy atom. The van der Waals surface area contributed by atoms with E-state index in [9.17, 15) is 18.0 Å². The average Bonchev–Trinajstić information content (AvgIpc) is 3.42. The predicted octanol–water partition coefficient (Wildman–Crippen LogP) is 2.44. The molecule has 0 bridgehead atoms. The number of Topliss-reactive ketones (excluding diaryl/α,β-unsaturated/α-hetero) is 1. The maximum atomic E-state index is 12.3. The van der Waals surface area contributed by atoms with Gasteiger partial charge in [0.15, 0.2) is 6.61 Å². The average molecular weight is 468 g/mol. The fourth-order valence-corrected chi connectivity index (χ4v) is 4.36. The summed E-state index contributed by atoms with van der Waals surface area (Å²) in [5.41, 5.74) is 0.330. The minimum atomic E-state index is -3.24. The molecule has 0 radical (unpaired) electrons. The van der Waals surface area contributed by atoms with E-state index in [1.54, 1.807) is 36.4 Å². The van der Waals surface area contributed by atoms with Gasteiger partial charge in [-0.2, -0.15) is 0 Å². The summed E-state index contributed by atoms with van der Waals surface area (Å²) in [4.78, 5) is 25.8. The first-order valence-corrected chi connectivity index (χ1v) is 12.6. The van der Waals surface area contributed by atoms with Crippen molar-refractivity contribution in [3.05, 3.63) is 51.7 Å². The number of nitrogens with one attached hydrogen (secondary N) is 1. The van der Waals surface area contributed by atoms with Crippen molar-refractivity contribution in [1.29, 1.82) is 0 Å². The minimum Gasteiger partial charge on any atom is -0.491 e. The molecule has 2 heterocycles. The second kappa shape index (κ2) is 10.9. The van der Waals surface area contributed by atoms with Crippen molar-refractivity contribution < 1.29 is 32.2 Å². The van der Waals surface area contributed by atoms with Crippen LogP contribution in [-0.2, 0) is 25.9 Å². The molecule has 8 nitrogen and oxygen atoms in total. The van der Waals surface area contributed by atoms with Crippen LogP contribution in [-0.4, -0.2) is 58.9 Å². The molecule has 31 heavy (non-hydrogen) atoms. The first kappa shape index (κ1) is 23.4. The molecule has 0 aliphatic carbocycles. The molecule has 3 rings (SSSR count). The van der Waals surface area contributed by atoms with E-state index in [1.807, 2.05) is 0 Å². The van der Waals surface area contributed by atoms with Gasteiger partial charge in [0.05, 0.1) is 22.8 Å². The summed E-state index contributed by atoms with van der Waals surface area (Å²) in [6.07, 6.45) is 3.72. The van der Waals surface area contributed by atoms with Crippen LogP contribution < -0.4 is 9.46 Å². The molecule has 1 N–H and O–H groups in total. The Morgan fingerprint density at radius 1 is 1.19 bits per heavy atom. The van der Waals surface area contributed by atoms with Crippen LogP contribution in [0.15, 0.2) is 36.4 Å². The fourth-order valence-electron chi connectivity index (χ4n) is 2.96. The van der Waals surface area contributed by atoms with Crippen LogP contribution in [0.25, 0.3) is 0 Å². The number of thiophene rings is 1. The summed E-state index contributed by atoms with van der Waals surface area (Å²) in [7, 11) is -3.24. The zero-order valence-electron chi connectivity index (χ0n) is 17.2. The van der Waals surface area contributed by atoms with Gasteiger partial charge in [-0.05, 0) is 55.7 Å². The third-order valence-corrected chi connectivity index (χ3v) is 6.47. The normalized spacial score (nSPS) is 16.2. The van der Waals surface area contributed by atoms with E-state index in [4.69, 9.17) is 14.2 Å². The van der Waals surface area contributed by atoms with Gasteiger partial charge in [0.1, 0.15) is 12.4 Å². The number of hydrogen-bond acceptors (Lipinski definition) is 8. The third-order valence-electron chi connectivity index (χ3n) is 4.56. The van der Waals surface area contributed by atoms with Crippen molar-refractivity contribution in [3.63, 3.8) is 0 Å². The third kappa shape index (κ3) is 7.73. The first-order chi connectivity index (χ1) is 14.8. The Morgan fingerprint density at radius 2 is 1.97 bits per heavy atom. The molecule has 1 aliphatic rings. The standard InChI is InChI=1S/C21H25NO7S2/c1-31(25,26)22-11-10-18-8-9-20(30-18)19(23)14-29-21(24)15-4-6-16(7-5-15)28-13-17-3-2-12-27-17/h4-9,17,22H,2-3,10-14H2,1H3. The summed E-state index contributed by atoms with van der Waals surface area (Å²) in [6, 6.07) is 9.97. The van der Waals surface area contributed by atoms with Gasteiger partial charge < -0.3 is 14.2 Å². The lowest BCUT2D eigenvalue weighted by molar-refractivity contribution is 0.0475. The number of benzene rings is 1. The van der Waals surface area contributed by atoms with Crippen LogP contribution in [0.2, 0.25) is 0 Å². The van der Waals surface area contributed by atoms with Gasteiger partial charge in [-0.1, -0.05) is 0 Å². The summed E-state index contributed by atoms with van der Waals surface area (Å²) in [5.74, 6) is -0.259. The van der Waals surface area contributed by atoms with Crippen molar-refractivity contribution in [2.75, 3.05) is 32.6 Å². The number of esters is 1. The molecular weight excluding hydrogens is 442 g/mol. The second-order valence-electron chi connectivity index (χ2n) is 7.15. The minimum absolute atomic E-state index is 0.115.